The molecule has 1 amide bonds. The van der Waals surface area contributed by atoms with Crippen molar-refractivity contribution in [1.29, 1.82) is 0 Å². The molecular formula is C25H24F2N4O3. The van der Waals surface area contributed by atoms with E-state index in [-0.39, 0.29) is 30.0 Å². The molecule has 4 rings (SSSR count). The molecule has 2 aromatic carbocycles. The monoisotopic (exact) mass is 466 g/mol. The minimum atomic E-state index is -0.680. The van der Waals surface area contributed by atoms with Gasteiger partial charge in [0.25, 0.3) is 5.91 Å². The highest BCUT2D eigenvalue weighted by Crippen LogP contribution is 2.35. The van der Waals surface area contributed by atoms with Crippen molar-refractivity contribution in [3.8, 4) is 16.9 Å². The summed E-state index contributed by atoms with van der Waals surface area (Å²) < 4.78 is 34.8. The Morgan fingerprint density at radius 3 is 2.76 bits per heavy atom. The van der Waals surface area contributed by atoms with Gasteiger partial charge in [0.2, 0.25) is 0 Å². The van der Waals surface area contributed by atoms with Crippen LogP contribution in [-0.2, 0) is 13.2 Å². The number of hydrogen-bond acceptors (Lipinski definition) is 5. The molecule has 0 bridgehead atoms. The minimum Gasteiger partial charge on any atom is -0.493 e. The van der Waals surface area contributed by atoms with E-state index in [9.17, 15) is 14.3 Å². The maximum atomic E-state index is 15.2. The Morgan fingerprint density at radius 2 is 2.03 bits per heavy atom. The third-order valence-corrected chi connectivity index (χ3v) is 5.43. The van der Waals surface area contributed by atoms with Crippen molar-refractivity contribution in [2.75, 3.05) is 13.7 Å². The predicted molar refractivity (Wildman–Crippen MR) is 123 cm³/mol. The standard InChI is InChI=1S/C25H24F2N4O3/c1-3-7-34-22-10-16(9-20(27)23(22)15-5-4-6-18(26)8-15)25(33)31(2)13-17-11-28-21(14-32)19-12-29-30-24(17)19/h4-6,8-12,32H,3,7,13-14H2,1-2H3,(H,29,30). The number of amides is 1. The maximum absolute atomic E-state index is 15.2. The topological polar surface area (TPSA) is 91.3 Å². The van der Waals surface area contributed by atoms with Crippen LogP contribution >= 0.6 is 0 Å². The lowest BCUT2D eigenvalue weighted by molar-refractivity contribution is 0.0784. The molecule has 2 heterocycles. The third-order valence-electron chi connectivity index (χ3n) is 5.43. The Balaban J connectivity index is 1.66. The number of aliphatic hydroxyl groups is 1. The molecule has 34 heavy (non-hydrogen) atoms. The molecule has 0 radical (unpaired) electrons. The van der Waals surface area contributed by atoms with Crippen LogP contribution < -0.4 is 4.74 Å². The van der Waals surface area contributed by atoms with Crippen LogP contribution in [0.1, 0.15) is 35.0 Å². The van der Waals surface area contributed by atoms with E-state index < -0.39 is 17.5 Å². The van der Waals surface area contributed by atoms with Crippen molar-refractivity contribution in [1.82, 2.24) is 20.1 Å². The van der Waals surface area contributed by atoms with Crippen molar-refractivity contribution >= 4 is 16.8 Å². The van der Waals surface area contributed by atoms with Gasteiger partial charge in [0.1, 0.15) is 17.4 Å². The summed E-state index contributed by atoms with van der Waals surface area (Å²) in [6.07, 6.45) is 3.82. The Bertz CT molecular complexity index is 1340. The lowest BCUT2D eigenvalue weighted by atomic mass is 10.0. The average Bonchev–Trinajstić information content (AvgIpc) is 3.32. The van der Waals surface area contributed by atoms with E-state index in [1.165, 1.54) is 29.2 Å². The molecule has 0 fully saturated rings. The molecule has 7 nitrogen and oxygen atoms in total. The zero-order valence-corrected chi connectivity index (χ0v) is 18.8. The van der Waals surface area contributed by atoms with E-state index in [0.29, 0.717) is 40.8 Å². The fraction of sp³-hybridized carbons (Fsp3) is 0.240. The summed E-state index contributed by atoms with van der Waals surface area (Å²) in [5.41, 5.74) is 2.38. The number of aliphatic hydroxyl groups excluding tert-OH is 1. The van der Waals surface area contributed by atoms with Gasteiger partial charge in [-0.2, -0.15) is 5.10 Å². The maximum Gasteiger partial charge on any atom is 0.254 e. The number of rotatable bonds is 8. The Kier molecular flexibility index (Phi) is 6.83. The summed E-state index contributed by atoms with van der Waals surface area (Å²) in [6.45, 7) is 2.17. The van der Waals surface area contributed by atoms with Crippen LogP contribution in [0.4, 0.5) is 8.78 Å². The largest absolute Gasteiger partial charge is 0.493 e. The fourth-order valence-electron chi connectivity index (χ4n) is 3.79. The van der Waals surface area contributed by atoms with Gasteiger partial charge in [0, 0.05) is 36.3 Å². The minimum absolute atomic E-state index is 0.104. The first-order valence-corrected chi connectivity index (χ1v) is 10.8. The zero-order chi connectivity index (χ0) is 24.2. The molecule has 0 aliphatic heterocycles. The van der Waals surface area contributed by atoms with Gasteiger partial charge in [-0.15, -0.1) is 0 Å². The number of nitrogens with one attached hydrogen (secondary N) is 1. The van der Waals surface area contributed by atoms with E-state index in [1.54, 1.807) is 25.5 Å². The smallest absolute Gasteiger partial charge is 0.254 e. The van der Waals surface area contributed by atoms with Gasteiger partial charge in [-0.05, 0) is 36.2 Å². The summed E-state index contributed by atoms with van der Waals surface area (Å²) in [4.78, 5) is 18.8. The van der Waals surface area contributed by atoms with Crippen molar-refractivity contribution < 1.29 is 23.4 Å². The van der Waals surface area contributed by atoms with Gasteiger partial charge in [-0.3, -0.25) is 14.9 Å². The first-order valence-electron chi connectivity index (χ1n) is 10.8. The SMILES string of the molecule is CCCOc1cc(C(=O)N(C)Cc2cnc(CO)c3cn[nH]c23)cc(F)c1-c1cccc(F)c1. The Labute approximate surface area is 195 Å². The van der Waals surface area contributed by atoms with E-state index >= 15 is 4.39 Å². The van der Waals surface area contributed by atoms with Crippen LogP contribution in [0.3, 0.4) is 0 Å². The second-order valence-electron chi connectivity index (χ2n) is 7.90. The zero-order valence-electron chi connectivity index (χ0n) is 18.8. The average molecular weight is 466 g/mol. The number of nitrogens with zero attached hydrogens (tertiary/aromatic N) is 3. The third kappa shape index (κ3) is 4.60. The molecule has 0 unspecified atom stereocenters. The van der Waals surface area contributed by atoms with E-state index in [0.717, 1.165) is 6.07 Å². The lowest BCUT2D eigenvalue weighted by Gasteiger charge is -2.20. The van der Waals surface area contributed by atoms with Gasteiger partial charge in [-0.25, -0.2) is 8.78 Å². The van der Waals surface area contributed by atoms with Crippen LogP contribution in [0.2, 0.25) is 0 Å². The highest BCUT2D eigenvalue weighted by atomic mass is 19.1. The number of aromatic nitrogens is 3. The van der Waals surface area contributed by atoms with Crippen molar-refractivity contribution in [2.24, 2.45) is 0 Å². The summed E-state index contributed by atoms with van der Waals surface area (Å²) in [6, 6.07) is 8.20. The number of fused-ring (bicyclic) bond motifs is 1. The molecule has 2 N–H and O–H groups in total. The highest BCUT2D eigenvalue weighted by Gasteiger charge is 2.21. The summed E-state index contributed by atoms with van der Waals surface area (Å²) in [7, 11) is 1.59. The number of pyridine rings is 1. The molecule has 0 saturated heterocycles. The molecular weight excluding hydrogens is 442 g/mol. The van der Waals surface area contributed by atoms with Crippen LogP contribution in [-0.4, -0.2) is 44.7 Å². The molecule has 176 valence electrons. The summed E-state index contributed by atoms with van der Waals surface area (Å²) in [5.74, 6) is -1.43. The molecule has 0 aliphatic rings. The van der Waals surface area contributed by atoms with Gasteiger partial charge in [0.05, 0.1) is 36.2 Å². The number of aromatic amines is 1. The number of ether oxygens (including phenoxy) is 1. The molecule has 0 saturated carbocycles. The summed E-state index contributed by atoms with van der Waals surface area (Å²) >= 11 is 0. The first kappa shape index (κ1) is 23.3. The van der Waals surface area contributed by atoms with E-state index in [4.69, 9.17) is 4.74 Å². The number of benzene rings is 2. The highest BCUT2D eigenvalue weighted by molar-refractivity contribution is 5.96. The number of carbonyl (C=O) groups excluding carboxylic acids is 1. The number of carbonyl (C=O) groups is 1. The van der Waals surface area contributed by atoms with Crippen LogP contribution in [0, 0.1) is 11.6 Å². The number of halogens is 2. The molecule has 4 aromatic rings. The predicted octanol–water partition coefficient (Wildman–Crippen LogP) is 4.46. The lowest BCUT2D eigenvalue weighted by Crippen LogP contribution is -2.26. The quantitative estimate of drug-likeness (QED) is 0.400. The van der Waals surface area contributed by atoms with Crippen molar-refractivity contribution in [3.63, 3.8) is 0 Å². The first-order chi connectivity index (χ1) is 16.4. The molecule has 2 aromatic heterocycles. The fourth-order valence-corrected chi connectivity index (χ4v) is 3.79. The van der Waals surface area contributed by atoms with Crippen molar-refractivity contribution in [3.05, 3.63) is 77.2 Å². The second kappa shape index (κ2) is 9.96. The molecule has 9 heteroatoms. The van der Waals surface area contributed by atoms with Gasteiger partial charge in [0.15, 0.2) is 0 Å². The van der Waals surface area contributed by atoms with E-state index in [1.807, 2.05) is 6.92 Å². The Morgan fingerprint density at radius 1 is 1.21 bits per heavy atom. The van der Waals surface area contributed by atoms with Gasteiger partial charge >= 0.3 is 0 Å². The van der Waals surface area contributed by atoms with Crippen LogP contribution in [0.15, 0.2) is 48.8 Å². The normalized spacial score (nSPS) is 11.1. The van der Waals surface area contributed by atoms with Crippen molar-refractivity contribution in [2.45, 2.75) is 26.5 Å². The summed E-state index contributed by atoms with van der Waals surface area (Å²) in [5, 5.41) is 17.0. The van der Waals surface area contributed by atoms with Crippen LogP contribution in [0.5, 0.6) is 5.75 Å². The van der Waals surface area contributed by atoms with Gasteiger partial charge in [-0.1, -0.05) is 19.1 Å². The molecule has 0 spiro atoms. The number of H-pyrrole nitrogens is 1. The number of hydrogen-bond donors (Lipinski definition) is 2. The van der Waals surface area contributed by atoms with Gasteiger partial charge < -0.3 is 14.7 Å². The van der Waals surface area contributed by atoms with Crippen LogP contribution in [0.25, 0.3) is 22.0 Å². The molecule has 0 atom stereocenters. The Hall–Kier alpha value is -3.85. The van der Waals surface area contributed by atoms with E-state index in [2.05, 4.69) is 15.2 Å². The molecule has 0 aliphatic carbocycles. The second-order valence-corrected chi connectivity index (χ2v) is 7.90.